The number of methoxy groups -OCH3 is 1. The first kappa shape index (κ1) is 12.5. The van der Waals surface area contributed by atoms with E-state index in [9.17, 15) is 0 Å². The van der Waals surface area contributed by atoms with Crippen molar-refractivity contribution in [1.82, 2.24) is 10.1 Å². The molecule has 1 aromatic carbocycles. The first-order valence-corrected chi connectivity index (χ1v) is 5.58. The fourth-order valence-corrected chi connectivity index (χ4v) is 1.40. The van der Waals surface area contributed by atoms with Gasteiger partial charge in [0.05, 0.1) is 13.2 Å². The molecule has 0 spiro atoms. The van der Waals surface area contributed by atoms with Gasteiger partial charge >= 0.3 is 0 Å². The van der Waals surface area contributed by atoms with Crippen LogP contribution < -0.4 is 10.5 Å². The Bertz CT molecular complexity index is 482. The Morgan fingerprint density at radius 1 is 1.22 bits per heavy atom. The second kappa shape index (κ2) is 6.13. The number of nitrogens with two attached hydrogens (primary N) is 1. The van der Waals surface area contributed by atoms with E-state index >= 15 is 0 Å². The molecule has 2 aromatic rings. The zero-order valence-electron chi connectivity index (χ0n) is 10.1. The summed E-state index contributed by atoms with van der Waals surface area (Å²) in [6, 6.07) is 7.44. The van der Waals surface area contributed by atoms with Gasteiger partial charge in [-0.1, -0.05) is 5.16 Å². The SMILES string of the molecule is COCCOc1ccc(-c2noc(CN)n2)cc1. The number of nitrogens with zero attached hydrogens (tertiary/aromatic N) is 2. The normalized spacial score (nSPS) is 10.6. The third-order valence-electron chi connectivity index (χ3n) is 2.31. The number of ether oxygens (including phenoxy) is 2. The van der Waals surface area contributed by atoms with E-state index < -0.39 is 0 Å². The lowest BCUT2D eigenvalue weighted by molar-refractivity contribution is 0.146. The molecule has 0 saturated carbocycles. The summed E-state index contributed by atoms with van der Waals surface area (Å²) in [6.07, 6.45) is 0. The van der Waals surface area contributed by atoms with Crippen molar-refractivity contribution in [3.8, 4) is 17.1 Å². The molecule has 0 fully saturated rings. The van der Waals surface area contributed by atoms with Gasteiger partial charge in [-0.05, 0) is 24.3 Å². The van der Waals surface area contributed by atoms with Crippen molar-refractivity contribution in [2.24, 2.45) is 5.73 Å². The van der Waals surface area contributed by atoms with Crippen LogP contribution in [0.4, 0.5) is 0 Å². The molecule has 2 N–H and O–H groups in total. The molecule has 0 unspecified atom stereocenters. The monoisotopic (exact) mass is 249 g/mol. The van der Waals surface area contributed by atoms with Crippen LogP contribution in [0.25, 0.3) is 11.4 Å². The molecular formula is C12H15N3O3. The summed E-state index contributed by atoms with van der Waals surface area (Å²) in [7, 11) is 1.64. The van der Waals surface area contributed by atoms with Gasteiger partial charge in [-0.3, -0.25) is 0 Å². The summed E-state index contributed by atoms with van der Waals surface area (Å²) >= 11 is 0. The van der Waals surface area contributed by atoms with Crippen LogP contribution in [0.3, 0.4) is 0 Å². The summed E-state index contributed by atoms with van der Waals surface area (Å²) in [4.78, 5) is 4.14. The lowest BCUT2D eigenvalue weighted by Gasteiger charge is -2.05. The van der Waals surface area contributed by atoms with Gasteiger partial charge in [0.15, 0.2) is 0 Å². The first-order valence-electron chi connectivity index (χ1n) is 5.58. The number of rotatable bonds is 6. The van der Waals surface area contributed by atoms with E-state index in [1.54, 1.807) is 7.11 Å². The van der Waals surface area contributed by atoms with E-state index in [2.05, 4.69) is 10.1 Å². The predicted octanol–water partition coefficient (Wildman–Crippen LogP) is 1.22. The molecule has 0 radical (unpaired) electrons. The Morgan fingerprint density at radius 2 is 2.00 bits per heavy atom. The number of hydrogen-bond acceptors (Lipinski definition) is 6. The summed E-state index contributed by atoms with van der Waals surface area (Å²) in [5.74, 6) is 1.72. The fourth-order valence-electron chi connectivity index (χ4n) is 1.40. The Morgan fingerprint density at radius 3 is 2.61 bits per heavy atom. The van der Waals surface area contributed by atoms with Crippen molar-refractivity contribution in [3.05, 3.63) is 30.2 Å². The maximum absolute atomic E-state index is 5.45. The minimum Gasteiger partial charge on any atom is -0.491 e. The highest BCUT2D eigenvalue weighted by molar-refractivity contribution is 5.55. The third-order valence-corrected chi connectivity index (χ3v) is 2.31. The molecule has 0 aliphatic rings. The van der Waals surface area contributed by atoms with Crippen molar-refractivity contribution in [3.63, 3.8) is 0 Å². The zero-order valence-corrected chi connectivity index (χ0v) is 10.1. The summed E-state index contributed by atoms with van der Waals surface area (Å²) in [6.45, 7) is 1.33. The standard InChI is InChI=1S/C12H15N3O3/c1-16-6-7-17-10-4-2-9(3-5-10)12-14-11(8-13)18-15-12/h2-5H,6-8,13H2,1H3. The summed E-state index contributed by atoms with van der Waals surface area (Å²) in [5.41, 5.74) is 6.26. The van der Waals surface area contributed by atoms with Crippen molar-refractivity contribution < 1.29 is 14.0 Å². The van der Waals surface area contributed by atoms with Crippen LogP contribution in [0.5, 0.6) is 5.75 Å². The van der Waals surface area contributed by atoms with Crippen molar-refractivity contribution in [2.75, 3.05) is 20.3 Å². The highest BCUT2D eigenvalue weighted by Crippen LogP contribution is 2.19. The van der Waals surface area contributed by atoms with Gasteiger partial charge in [-0.2, -0.15) is 4.98 Å². The lowest BCUT2D eigenvalue weighted by Crippen LogP contribution is -2.03. The molecule has 1 heterocycles. The molecule has 6 nitrogen and oxygen atoms in total. The van der Waals surface area contributed by atoms with E-state index in [4.69, 9.17) is 19.7 Å². The number of aromatic nitrogens is 2. The molecule has 0 aliphatic carbocycles. The molecule has 0 atom stereocenters. The number of benzene rings is 1. The largest absolute Gasteiger partial charge is 0.491 e. The van der Waals surface area contributed by atoms with Gasteiger partial charge in [0.2, 0.25) is 11.7 Å². The smallest absolute Gasteiger partial charge is 0.240 e. The molecule has 96 valence electrons. The Labute approximate surface area is 105 Å². The zero-order chi connectivity index (χ0) is 12.8. The maximum atomic E-state index is 5.45. The van der Waals surface area contributed by atoms with Gasteiger partial charge in [0.25, 0.3) is 0 Å². The molecule has 0 saturated heterocycles. The van der Waals surface area contributed by atoms with Gasteiger partial charge in [0.1, 0.15) is 12.4 Å². The van der Waals surface area contributed by atoms with Crippen molar-refractivity contribution >= 4 is 0 Å². The molecule has 6 heteroatoms. The average molecular weight is 249 g/mol. The third kappa shape index (κ3) is 3.06. The average Bonchev–Trinajstić information content (AvgIpc) is 2.89. The van der Waals surface area contributed by atoms with Crippen LogP contribution in [-0.2, 0) is 11.3 Å². The van der Waals surface area contributed by atoms with Crippen molar-refractivity contribution in [1.29, 1.82) is 0 Å². The minimum atomic E-state index is 0.241. The van der Waals surface area contributed by atoms with E-state index in [0.29, 0.717) is 24.9 Å². The van der Waals surface area contributed by atoms with Gasteiger partial charge in [-0.15, -0.1) is 0 Å². The molecule has 18 heavy (non-hydrogen) atoms. The molecule has 0 amide bonds. The summed E-state index contributed by atoms with van der Waals surface area (Å²) < 4.78 is 15.3. The molecule has 0 aliphatic heterocycles. The predicted molar refractivity (Wildman–Crippen MR) is 65.0 cm³/mol. The second-order valence-electron chi connectivity index (χ2n) is 3.58. The maximum Gasteiger partial charge on any atom is 0.240 e. The van der Waals surface area contributed by atoms with Crippen LogP contribution in [0.2, 0.25) is 0 Å². The van der Waals surface area contributed by atoms with Crippen molar-refractivity contribution in [2.45, 2.75) is 6.54 Å². The van der Waals surface area contributed by atoms with Crippen LogP contribution >= 0.6 is 0 Å². The highest BCUT2D eigenvalue weighted by Gasteiger charge is 2.07. The Kier molecular flexibility index (Phi) is 4.27. The Balaban J connectivity index is 2.02. The highest BCUT2D eigenvalue weighted by atomic mass is 16.5. The van der Waals surface area contributed by atoms with E-state index in [1.165, 1.54) is 0 Å². The number of hydrogen-bond donors (Lipinski definition) is 1. The van der Waals surface area contributed by atoms with Gasteiger partial charge in [0, 0.05) is 12.7 Å². The first-order chi connectivity index (χ1) is 8.83. The van der Waals surface area contributed by atoms with Crippen LogP contribution in [0.1, 0.15) is 5.89 Å². The van der Waals surface area contributed by atoms with Crippen LogP contribution in [0, 0.1) is 0 Å². The van der Waals surface area contributed by atoms with Crippen LogP contribution in [-0.4, -0.2) is 30.5 Å². The van der Waals surface area contributed by atoms with Crippen LogP contribution in [0.15, 0.2) is 28.8 Å². The topological polar surface area (TPSA) is 83.4 Å². The molecule has 2 rings (SSSR count). The minimum absolute atomic E-state index is 0.241. The van der Waals surface area contributed by atoms with E-state index in [1.807, 2.05) is 24.3 Å². The molecule has 0 bridgehead atoms. The fraction of sp³-hybridized carbons (Fsp3) is 0.333. The molecular weight excluding hydrogens is 234 g/mol. The quantitative estimate of drug-likeness (QED) is 0.775. The van der Waals surface area contributed by atoms with Gasteiger partial charge in [-0.25, -0.2) is 0 Å². The van der Waals surface area contributed by atoms with E-state index in [0.717, 1.165) is 11.3 Å². The second-order valence-corrected chi connectivity index (χ2v) is 3.58. The van der Waals surface area contributed by atoms with E-state index in [-0.39, 0.29) is 6.54 Å². The molecule has 1 aromatic heterocycles. The lowest BCUT2D eigenvalue weighted by atomic mass is 10.2. The van der Waals surface area contributed by atoms with Gasteiger partial charge < -0.3 is 19.7 Å². The summed E-state index contributed by atoms with van der Waals surface area (Å²) in [5, 5.41) is 3.84. The Hall–Kier alpha value is -1.92.